The number of nitrogens with two attached hydrogens (primary N) is 1. The molecular formula is C24H28N6O2. The summed E-state index contributed by atoms with van der Waals surface area (Å²) in [6.45, 7) is 3.33. The van der Waals surface area contributed by atoms with Gasteiger partial charge in [0.15, 0.2) is 5.69 Å². The first-order valence-electron chi connectivity index (χ1n) is 10.9. The molecule has 1 aromatic heterocycles. The minimum atomic E-state index is -0.283. The number of piperidine rings is 1. The molecule has 0 bridgehead atoms. The third-order valence-electron chi connectivity index (χ3n) is 5.88. The molecule has 0 saturated carbocycles. The number of carbonyl (C=O) groups excluding carboxylic acids is 2. The van der Waals surface area contributed by atoms with E-state index in [1.807, 2.05) is 54.6 Å². The molecule has 0 atom stereocenters. The fraction of sp³-hybridized carbons (Fsp3) is 0.333. The predicted molar refractivity (Wildman–Crippen MR) is 122 cm³/mol. The number of primary amides is 1. The summed E-state index contributed by atoms with van der Waals surface area (Å²) in [5.41, 5.74) is 8.70. The van der Waals surface area contributed by atoms with Gasteiger partial charge in [0.05, 0.1) is 12.7 Å². The van der Waals surface area contributed by atoms with Gasteiger partial charge in [0.1, 0.15) is 0 Å². The van der Waals surface area contributed by atoms with Crippen molar-refractivity contribution >= 4 is 17.5 Å². The molecule has 8 heteroatoms. The van der Waals surface area contributed by atoms with Crippen molar-refractivity contribution in [3.63, 3.8) is 0 Å². The maximum atomic E-state index is 12.5. The number of aromatic nitrogens is 3. The lowest BCUT2D eigenvalue weighted by Crippen LogP contribution is -2.39. The SMILES string of the molecule is NC(=O)C1CCN(CCc2ccc(NC(=O)c3cn(Cc4ccccc4)nn3)cc2)CC1. The Balaban J connectivity index is 1.25. The van der Waals surface area contributed by atoms with Crippen molar-refractivity contribution < 1.29 is 9.59 Å². The third kappa shape index (κ3) is 5.79. The largest absolute Gasteiger partial charge is 0.369 e. The maximum Gasteiger partial charge on any atom is 0.277 e. The molecule has 0 radical (unpaired) electrons. The Hall–Kier alpha value is -3.52. The van der Waals surface area contributed by atoms with Crippen LogP contribution >= 0.6 is 0 Å². The molecule has 8 nitrogen and oxygen atoms in total. The van der Waals surface area contributed by atoms with E-state index in [4.69, 9.17) is 5.73 Å². The van der Waals surface area contributed by atoms with Crippen molar-refractivity contribution in [1.82, 2.24) is 19.9 Å². The van der Waals surface area contributed by atoms with Crippen molar-refractivity contribution in [2.75, 3.05) is 25.0 Å². The molecule has 2 heterocycles. The second kappa shape index (κ2) is 10.2. The van der Waals surface area contributed by atoms with Crippen LogP contribution in [0.15, 0.2) is 60.8 Å². The Morgan fingerprint density at radius 2 is 1.72 bits per heavy atom. The van der Waals surface area contributed by atoms with E-state index in [0.717, 1.165) is 50.1 Å². The third-order valence-corrected chi connectivity index (χ3v) is 5.88. The first-order valence-corrected chi connectivity index (χ1v) is 10.9. The number of nitrogens with zero attached hydrogens (tertiary/aromatic N) is 4. The van der Waals surface area contributed by atoms with E-state index < -0.39 is 0 Å². The van der Waals surface area contributed by atoms with E-state index in [9.17, 15) is 9.59 Å². The van der Waals surface area contributed by atoms with Crippen LogP contribution in [-0.4, -0.2) is 51.3 Å². The van der Waals surface area contributed by atoms with E-state index in [1.54, 1.807) is 10.9 Å². The molecule has 32 heavy (non-hydrogen) atoms. The van der Waals surface area contributed by atoms with Gasteiger partial charge in [-0.05, 0) is 55.6 Å². The van der Waals surface area contributed by atoms with Gasteiger partial charge in [0, 0.05) is 18.2 Å². The molecule has 2 aromatic carbocycles. The molecule has 1 aliphatic heterocycles. The Morgan fingerprint density at radius 1 is 1.00 bits per heavy atom. The topological polar surface area (TPSA) is 106 Å². The van der Waals surface area contributed by atoms with Crippen LogP contribution in [0.5, 0.6) is 0 Å². The number of hydrogen-bond acceptors (Lipinski definition) is 5. The van der Waals surface area contributed by atoms with Gasteiger partial charge in [-0.3, -0.25) is 9.59 Å². The van der Waals surface area contributed by atoms with Crippen LogP contribution in [-0.2, 0) is 17.8 Å². The second-order valence-corrected chi connectivity index (χ2v) is 8.21. The smallest absolute Gasteiger partial charge is 0.277 e. The summed E-state index contributed by atoms with van der Waals surface area (Å²) in [6, 6.07) is 17.8. The van der Waals surface area contributed by atoms with Crippen LogP contribution < -0.4 is 11.1 Å². The fourth-order valence-electron chi connectivity index (χ4n) is 3.93. The summed E-state index contributed by atoms with van der Waals surface area (Å²) in [5, 5.41) is 10.9. The van der Waals surface area contributed by atoms with Crippen LogP contribution in [0.4, 0.5) is 5.69 Å². The van der Waals surface area contributed by atoms with Crippen LogP contribution in [0.2, 0.25) is 0 Å². The lowest BCUT2D eigenvalue weighted by atomic mass is 9.96. The fourth-order valence-corrected chi connectivity index (χ4v) is 3.93. The van der Waals surface area contributed by atoms with Crippen LogP contribution in [0, 0.1) is 5.92 Å². The molecule has 2 amide bonds. The highest BCUT2D eigenvalue weighted by atomic mass is 16.2. The van der Waals surface area contributed by atoms with Gasteiger partial charge in [0.25, 0.3) is 5.91 Å². The lowest BCUT2D eigenvalue weighted by molar-refractivity contribution is -0.123. The first-order chi connectivity index (χ1) is 15.6. The Labute approximate surface area is 187 Å². The molecule has 0 unspecified atom stereocenters. The Kier molecular flexibility index (Phi) is 6.91. The lowest BCUT2D eigenvalue weighted by Gasteiger charge is -2.30. The molecule has 0 aliphatic carbocycles. The Morgan fingerprint density at radius 3 is 2.41 bits per heavy atom. The van der Waals surface area contributed by atoms with Gasteiger partial charge in [-0.2, -0.15) is 0 Å². The molecule has 1 fully saturated rings. The number of amides is 2. The van der Waals surface area contributed by atoms with Gasteiger partial charge < -0.3 is 16.0 Å². The zero-order valence-electron chi connectivity index (χ0n) is 18.0. The second-order valence-electron chi connectivity index (χ2n) is 8.21. The van der Waals surface area contributed by atoms with Crippen molar-refractivity contribution in [1.29, 1.82) is 0 Å². The van der Waals surface area contributed by atoms with Gasteiger partial charge >= 0.3 is 0 Å². The first kappa shape index (κ1) is 21.7. The zero-order valence-corrected chi connectivity index (χ0v) is 18.0. The normalized spacial score (nSPS) is 14.9. The number of carbonyl (C=O) groups is 2. The highest BCUT2D eigenvalue weighted by Crippen LogP contribution is 2.17. The summed E-state index contributed by atoms with van der Waals surface area (Å²) in [6.07, 6.45) is 4.26. The highest BCUT2D eigenvalue weighted by molar-refractivity contribution is 6.02. The van der Waals surface area contributed by atoms with Crippen molar-refractivity contribution in [2.24, 2.45) is 11.7 Å². The minimum absolute atomic E-state index is 0.0223. The average Bonchev–Trinajstić information content (AvgIpc) is 3.28. The molecule has 3 aromatic rings. The molecule has 4 rings (SSSR count). The predicted octanol–water partition coefficient (Wildman–Crippen LogP) is 2.32. The minimum Gasteiger partial charge on any atom is -0.369 e. The van der Waals surface area contributed by atoms with Crippen molar-refractivity contribution in [3.05, 3.63) is 77.6 Å². The molecule has 3 N–H and O–H groups in total. The van der Waals surface area contributed by atoms with E-state index in [2.05, 4.69) is 20.5 Å². The standard InChI is InChI=1S/C24H28N6O2/c25-23(31)20-11-14-29(15-12-20)13-10-18-6-8-21(9-7-18)26-24(32)22-17-30(28-27-22)16-19-4-2-1-3-5-19/h1-9,17,20H,10-16H2,(H2,25,31)(H,26,32). The number of nitrogens with one attached hydrogen (secondary N) is 1. The van der Waals surface area contributed by atoms with Crippen LogP contribution in [0.25, 0.3) is 0 Å². The molecule has 0 spiro atoms. The van der Waals surface area contributed by atoms with Crippen molar-refractivity contribution in [2.45, 2.75) is 25.8 Å². The number of likely N-dealkylation sites (tertiary alicyclic amines) is 1. The summed E-state index contributed by atoms with van der Waals surface area (Å²) in [4.78, 5) is 26.2. The summed E-state index contributed by atoms with van der Waals surface area (Å²) in [7, 11) is 0. The average molecular weight is 433 g/mol. The number of anilines is 1. The maximum absolute atomic E-state index is 12.5. The summed E-state index contributed by atoms with van der Waals surface area (Å²) in [5.74, 6) is -0.440. The number of rotatable bonds is 8. The van der Waals surface area contributed by atoms with Gasteiger partial charge in [-0.15, -0.1) is 5.10 Å². The van der Waals surface area contributed by atoms with Crippen molar-refractivity contribution in [3.8, 4) is 0 Å². The monoisotopic (exact) mass is 432 g/mol. The van der Waals surface area contributed by atoms with E-state index >= 15 is 0 Å². The van der Waals surface area contributed by atoms with Crippen LogP contribution in [0.1, 0.15) is 34.5 Å². The summed E-state index contributed by atoms with van der Waals surface area (Å²) >= 11 is 0. The van der Waals surface area contributed by atoms with Gasteiger partial charge in [0.2, 0.25) is 5.91 Å². The quantitative estimate of drug-likeness (QED) is 0.568. The van der Waals surface area contributed by atoms with E-state index in [-0.39, 0.29) is 23.4 Å². The van der Waals surface area contributed by atoms with Gasteiger partial charge in [-0.1, -0.05) is 47.7 Å². The Bertz CT molecular complexity index is 1040. The zero-order chi connectivity index (χ0) is 22.3. The molecule has 166 valence electrons. The van der Waals surface area contributed by atoms with E-state index in [1.165, 1.54) is 5.56 Å². The van der Waals surface area contributed by atoms with Crippen LogP contribution in [0.3, 0.4) is 0 Å². The van der Waals surface area contributed by atoms with Gasteiger partial charge in [-0.25, -0.2) is 4.68 Å². The molecule has 1 saturated heterocycles. The number of benzene rings is 2. The molecule has 1 aliphatic rings. The summed E-state index contributed by atoms with van der Waals surface area (Å²) < 4.78 is 1.65. The van der Waals surface area contributed by atoms with E-state index in [0.29, 0.717) is 6.54 Å². The number of hydrogen-bond donors (Lipinski definition) is 2. The molecular weight excluding hydrogens is 404 g/mol. The highest BCUT2D eigenvalue weighted by Gasteiger charge is 2.22.